The minimum atomic E-state index is -0.613. The standard InChI is InChI=1S/C24H25N5O5/c1-4-6-18-20-21(29(3)27-18)24(31)26-22(25-20)17-13-16(11-12-19(17)33-5-2)34-15-9-7-14(8-10-15)23(30)28-32/h7-13,32H,4-6H2,1-3H3,(H,28,30)(H,25,26,31). The molecule has 2 heterocycles. The van der Waals surface area contributed by atoms with Gasteiger partial charge in [-0.2, -0.15) is 5.10 Å². The summed E-state index contributed by atoms with van der Waals surface area (Å²) in [5.74, 6) is 1.26. The molecule has 0 saturated carbocycles. The Kier molecular flexibility index (Phi) is 6.60. The van der Waals surface area contributed by atoms with Crippen molar-refractivity contribution in [3.63, 3.8) is 0 Å². The first-order valence-corrected chi connectivity index (χ1v) is 10.9. The fourth-order valence-corrected chi connectivity index (χ4v) is 3.69. The molecule has 0 radical (unpaired) electrons. The van der Waals surface area contributed by atoms with Gasteiger partial charge < -0.3 is 14.5 Å². The summed E-state index contributed by atoms with van der Waals surface area (Å²) in [6.07, 6.45) is 1.58. The molecule has 10 nitrogen and oxygen atoms in total. The van der Waals surface area contributed by atoms with Gasteiger partial charge in [-0.1, -0.05) is 13.3 Å². The Hall–Kier alpha value is -4.18. The number of nitrogens with zero attached hydrogens (tertiary/aromatic N) is 3. The SMILES string of the molecule is CCCc1nn(C)c2c(=O)[nH]c(-c3cc(Oc4ccc(C(=O)NO)cc4)ccc3OCC)nc12. The van der Waals surface area contributed by atoms with Crippen molar-refractivity contribution in [2.45, 2.75) is 26.7 Å². The van der Waals surface area contributed by atoms with Crippen LogP contribution in [0.4, 0.5) is 0 Å². The van der Waals surface area contributed by atoms with Gasteiger partial charge in [0.2, 0.25) is 0 Å². The molecule has 10 heteroatoms. The van der Waals surface area contributed by atoms with E-state index in [1.54, 1.807) is 47.5 Å². The van der Waals surface area contributed by atoms with E-state index in [1.807, 2.05) is 13.8 Å². The third-order valence-electron chi connectivity index (χ3n) is 5.21. The zero-order valence-electron chi connectivity index (χ0n) is 19.1. The van der Waals surface area contributed by atoms with Crippen LogP contribution < -0.4 is 20.5 Å². The second-order valence-corrected chi connectivity index (χ2v) is 7.59. The third-order valence-corrected chi connectivity index (χ3v) is 5.21. The van der Waals surface area contributed by atoms with Crippen molar-refractivity contribution in [3.8, 4) is 28.6 Å². The van der Waals surface area contributed by atoms with Gasteiger partial charge in [-0.05, 0) is 55.8 Å². The first-order valence-electron chi connectivity index (χ1n) is 10.9. The molecule has 2 aromatic carbocycles. The zero-order valence-corrected chi connectivity index (χ0v) is 19.1. The number of H-pyrrole nitrogens is 1. The second-order valence-electron chi connectivity index (χ2n) is 7.59. The maximum absolute atomic E-state index is 12.9. The predicted molar refractivity (Wildman–Crippen MR) is 125 cm³/mol. The third kappa shape index (κ3) is 4.48. The van der Waals surface area contributed by atoms with Gasteiger partial charge in [0.05, 0.1) is 17.9 Å². The number of aryl methyl sites for hydroxylation is 2. The van der Waals surface area contributed by atoms with E-state index in [9.17, 15) is 9.59 Å². The van der Waals surface area contributed by atoms with Crippen LogP contribution in [0.1, 0.15) is 36.3 Å². The molecule has 4 aromatic rings. The summed E-state index contributed by atoms with van der Waals surface area (Å²) < 4.78 is 13.3. The van der Waals surface area contributed by atoms with Crippen LogP contribution in [0.2, 0.25) is 0 Å². The molecule has 0 saturated heterocycles. The molecular formula is C24H25N5O5. The highest BCUT2D eigenvalue weighted by Gasteiger charge is 2.18. The van der Waals surface area contributed by atoms with Crippen LogP contribution in [0, 0.1) is 0 Å². The first kappa shape index (κ1) is 23.0. The first-order chi connectivity index (χ1) is 16.4. The lowest BCUT2D eigenvalue weighted by Crippen LogP contribution is -2.18. The van der Waals surface area contributed by atoms with E-state index in [0.29, 0.717) is 52.7 Å². The minimum Gasteiger partial charge on any atom is -0.493 e. The molecular weight excluding hydrogens is 438 g/mol. The summed E-state index contributed by atoms with van der Waals surface area (Å²) in [5, 5.41) is 13.2. The monoisotopic (exact) mass is 463 g/mol. The highest BCUT2D eigenvalue weighted by atomic mass is 16.5. The molecule has 0 atom stereocenters. The number of benzene rings is 2. The maximum atomic E-state index is 12.9. The number of carbonyl (C=O) groups is 1. The van der Waals surface area contributed by atoms with Crippen molar-refractivity contribution >= 4 is 16.9 Å². The molecule has 0 spiro atoms. The number of rotatable bonds is 8. The van der Waals surface area contributed by atoms with Gasteiger partial charge >= 0.3 is 0 Å². The van der Waals surface area contributed by atoms with Crippen molar-refractivity contribution in [1.82, 2.24) is 25.2 Å². The Bertz CT molecular complexity index is 1390. The molecule has 3 N–H and O–H groups in total. The van der Waals surface area contributed by atoms with Gasteiger partial charge in [-0.3, -0.25) is 19.5 Å². The van der Waals surface area contributed by atoms with E-state index in [1.165, 1.54) is 12.1 Å². The average Bonchev–Trinajstić information content (AvgIpc) is 3.16. The number of hydroxylamine groups is 1. The summed E-state index contributed by atoms with van der Waals surface area (Å²) >= 11 is 0. The van der Waals surface area contributed by atoms with E-state index < -0.39 is 5.91 Å². The van der Waals surface area contributed by atoms with Gasteiger partial charge in [-0.15, -0.1) is 0 Å². The van der Waals surface area contributed by atoms with Crippen molar-refractivity contribution in [1.29, 1.82) is 0 Å². The number of hydrogen-bond acceptors (Lipinski definition) is 7. The van der Waals surface area contributed by atoms with Crippen LogP contribution in [-0.2, 0) is 13.5 Å². The number of aromatic nitrogens is 4. The second kappa shape index (κ2) is 9.75. The largest absolute Gasteiger partial charge is 0.493 e. The number of ether oxygens (including phenoxy) is 2. The fourth-order valence-electron chi connectivity index (χ4n) is 3.69. The van der Waals surface area contributed by atoms with Crippen molar-refractivity contribution in [2.24, 2.45) is 7.05 Å². The quantitative estimate of drug-likeness (QED) is 0.269. The van der Waals surface area contributed by atoms with Crippen LogP contribution in [0.25, 0.3) is 22.4 Å². The number of fused-ring (bicyclic) bond motifs is 1. The highest BCUT2D eigenvalue weighted by molar-refractivity contribution is 5.93. The molecule has 34 heavy (non-hydrogen) atoms. The van der Waals surface area contributed by atoms with Gasteiger partial charge in [0.15, 0.2) is 5.52 Å². The van der Waals surface area contributed by atoms with Gasteiger partial charge in [0.1, 0.15) is 28.6 Å². The highest BCUT2D eigenvalue weighted by Crippen LogP contribution is 2.34. The average molecular weight is 463 g/mol. The summed E-state index contributed by atoms with van der Waals surface area (Å²) in [6.45, 7) is 4.35. The molecule has 2 aromatic heterocycles. The molecule has 4 rings (SSSR count). The van der Waals surface area contributed by atoms with Gasteiger partial charge in [-0.25, -0.2) is 10.5 Å². The molecule has 1 amide bonds. The van der Waals surface area contributed by atoms with Crippen LogP contribution in [-0.4, -0.2) is 37.5 Å². The smallest absolute Gasteiger partial charge is 0.277 e. The van der Waals surface area contributed by atoms with Crippen LogP contribution >= 0.6 is 0 Å². The molecule has 0 bridgehead atoms. The lowest BCUT2D eigenvalue weighted by Gasteiger charge is -2.13. The number of carbonyl (C=O) groups excluding carboxylic acids is 1. The van der Waals surface area contributed by atoms with Crippen molar-refractivity contribution in [3.05, 3.63) is 64.1 Å². The van der Waals surface area contributed by atoms with Crippen molar-refractivity contribution < 1.29 is 19.5 Å². The molecule has 0 fully saturated rings. The molecule has 176 valence electrons. The van der Waals surface area contributed by atoms with Crippen LogP contribution in [0.15, 0.2) is 47.3 Å². The van der Waals surface area contributed by atoms with Gasteiger partial charge in [0, 0.05) is 12.6 Å². The number of aromatic amines is 1. The van der Waals surface area contributed by atoms with E-state index in [4.69, 9.17) is 19.7 Å². The fraction of sp³-hybridized carbons (Fsp3) is 0.250. The van der Waals surface area contributed by atoms with E-state index >= 15 is 0 Å². The van der Waals surface area contributed by atoms with E-state index in [2.05, 4.69) is 10.1 Å². The topological polar surface area (TPSA) is 131 Å². The molecule has 0 aliphatic rings. The lowest BCUT2D eigenvalue weighted by molar-refractivity contribution is 0.0706. The number of amides is 1. The van der Waals surface area contributed by atoms with E-state index in [-0.39, 0.29) is 11.1 Å². The van der Waals surface area contributed by atoms with Crippen LogP contribution in [0.5, 0.6) is 17.2 Å². The van der Waals surface area contributed by atoms with Crippen molar-refractivity contribution in [2.75, 3.05) is 6.61 Å². The summed E-state index contributed by atoms with van der Waals surface area (Å²) in [6, 6.07) is 11.5. The predicted octanol–water partition coefficient (Wildman–Crippen LogP) is 3.59. The minimum absolute atomic E-state index is 0.288. The molecule has 0 aliphatic carbocycles. The normalized spacial score (nSPS) is 10.9. The summed E-state index contributed by atoms with van der Waals surface area (Å²) in [4.78, 5) is 32.0. The summed E-state index contributed by atoms with van der Waals surface area (Å²) in [5.41, 5.74) is 3.91. The molecule has 0 unspecified atom stereocenters. The van der Waals surface area contributed by atoms with Crippen LogP contribution in [0.3, 0.4) is 0 Å². The number of nitrogens with one attached hydrogen (secondary N) is 2. The Labute approximate surface area is 195 Å². The number of hydrogen-bond donors (Lipinski definition) is 3. The Morgan fingerprint density at radius 3 is 2.56 bits per heavy atom. The zero-order chi connectivity index (χ0) is 24.2. The molecule has 0 aliphatic heterocycles. The maximum Gasteiger partial charge on any atom is 0.277 e. The Morgan fingerprint density at radius 1 is 1.15 bits per heavy atom. The van der Waals surface area contributed by atoms with Gasteiger partial charge in [0.25, 0.3) is 11.5 Å². The Morgan fingerprint density at radius 2 is 1.88 bits per heavy atom. The Balaban J connectivity index is 1.76. The van der Waals surface area contributed by atoms with E-state index in [0.717, 1.165) is 12.1 Å². The lowest BCUT2D eigenvalue weighted by atomic mass is 10.1. The summed E-state index contributed by atoms with van der Waals surface area (Å²) in [7, 11) is 1.73.